The molecule has 0 aromatic heterocycles. The number of aliphatic hydroxyl groups is 1. The van der Waals surface area contributed by atoms with Gasteiger partial charge in [-0.2, -0.15) is 0 Å². The number of ketones is 3. The number of hydrazine groups is 2. The van der Waals surface area contributed by atoms with Crippen LogP contribution < -0.4 is 42.9 Å². The van der Waals surface area contributed by atoms with E-state index in [0.717, 1.165) is 71.6 Å². The Labute approximate surface area is 673 Å². The Morgan fingerprint density at radius 2 is 1.40 bits per heavy atom. The molecule has 1 unspecified atom stereocenters. The number of rotatable bonds is 48. The summed E-state index contributed by atoms with van der Waals surface area (Å²) in [7, 11) is 0. The number of nitrogens with one attached hydrogen (secondary N) is 6. The number of hydrogen-bond donors (Lipinski definition) is 8. The number of fused-ring (bicyclic) bond motifs is 11. The van der Waals surface area contributed by atoms with Crippen molar-refractivity contribution in [1.29, 1.82) is 0 Å². The summed E-state index contributed by atoms with van der Waals surface area (Å²) >= 11 is 0. The molecule has 11 atom stereocenters. The normalized spacial score (nSPS) is 23.5. The van der Waals surface area contributed by atoms with E-state index in [4.69, 9.17) is 57.8 Å². The van der Waals surface area contributed by atoms with Crippen LogP contribution in [0, 0.1) is 40.4 Å². The lowest BCUT2D eigenvalue weighted by atomic mass is 9.46. The van der Waals surface area contributed by atoms with Crippen molar-refractivity contribution in [3.05, 3.63) is 119 Å². The number of aliphatic hydroxyl groups excluding tert-OH is 1. The molecule has 3 heterocycles. The molecule has 0 spiro atoms. The van der Waals surface area contributed by atoms with Crippen molar-refractivity contribution in [1.82, 2.24) is 31.9 Å². The molecule has 10 rings (SSSR count). The van der Waals surface area contributed by atoms with Crippen LogP contribution in [0.15, 0.2) is 96.6 Å². The highest BCUT2D eigenvalue weighted by Crippen LogP contribution is 2.70. The smallest absolute Gasteiger partial charge is 0.429 e. The van der Waals surface area contributed by atoms with E-state index in [-0.39, 0.29) is 145 Å². The minimum Gasteiger partial charge on any atom is -0.429 e. The fraction of sp³-hybridized carbons (Fsp3) is 0.612. The summed E-state index contributed by atoms with van der Waals surface area (Å²) in [6.45, 7) is 17.3. The van der Waals surface area contributed by atoms with Gasteiger partial charge in [0.1, 0.15) is 6.61 Å². The van der Waals surface area contributed by atoms with E-state index < -0.39 is 83.3 Å². The number of carbonyl (C=O) groups excluding carboxylic acids is 9. The van der Waals surface area contributed by atoms with E-state index >= 15 is 0 Å². The number of urea groups is 1. The quantitative estimate of drug-likeness (QED) is 0.0195. The van der Waals surface area contributed by atoms with Gasteiger partial charge in [0.25, 0.3) is 0 Å². The number of nitrogens with two attached hydrogens (primary N) is 1. The molecule has 3 aromatic carbocycles. The molecule has 0 bridgehead atoms. The van der Waals surface area contributed by atoms with Crippen molar-refractivity contribution in [3.8, 4) is 0 Å². The van der Waals surface area contributed by atoms with Gasteiger partial charge in [0.15, 0.2) is 30.1 Å². The maximum atomic E-state index is 14.7. The van der Waals surface area contributed by atoms with Crippen LogP contribution in [0.2, 0.25) is 0 Å². The van der Waals surface area contributed by atoms with Crippen molar-refractivity contribution < 1.29 is 100 Å². The number of unbranched alkanes of at least 4 members (excludes halogenated alkanes) is 1. The van der Waals surface area contributed by atoms with Crippen molar-refractivity contribution >= 4 is 75.9 Å². The number of Topliss-reactive ketones (excluding diaryl/α,β-unsaturated/α-hetero) is 2. The number of allylic oxidation sites excluding steroid dienone is 4. The first-order chi connectivity index (χ1) is 55.6. The molecule has 6 amide bonds. The molecular weight excluding hydrogens is 1480 g/mol. The summed E-state index contributed by atoms with van der Waals surface area (Å²) in [6, 6.07) is 20.6. The van der Waals surface area contributed by atoms with E-state index in [2.05, 4.69) is 46.1 Å². The van der Waals surface area contributed by atoms with E-state index in [1.165, 1.54) is 0 Å². The molecule has 4 fully saturated rings. The van der Waals surface area contributed by atoms with Gasteiger partial charge in [-0.25, -0.2) is 9.59 Å². The van der Waals surface area contributed by atoms with Gasteiger partial charge in [0.2, 0.25) is 29.4 Å². The molecular formula is C85H119N9O21. The van der Waals surface area contributed by atoms with Gasteiger partial charge in [-0.1, -0.05) is 121 Å². The number of carbonyl (C=O) groups is 9. The molecule has 4 aliphatic carbocycles. The lowest BCUT2D eigenvalue weighted by Gasteiger charge is -2.59. The molecule has 30 nitrogen and oxygen atoms in total. The predicted octanol–water partition coefficient (Wildman–Crippen LogP) is 8.08. The Balaban J connectivity index is 0.575. The van der Waals surface area contributed by atoms with Crippen LogP contribution >= 0.6 is 0 Å². The number of amides is 6. The molecule has 0 radical (unpaired) electrons. The molecule has 115 heavy (non-hydrogen) atoms. The maximum Gasteiger partial charge on any atom is 0.509 e. The second-order valence-electron chi connectivity index (χ2n) is 31.2. The third-order valence-electron chi connectivity index (χ3n) is 23.1. The summed E-state index contributed by atoms with van der Waals surface area (Å²) in [5.74, 6) is -3.64. The van der Waals surface area contributed by atoms with Crippen LogP contribution in [0.25, 0.3) is 11.4 Å². The SMILES string of the molecule is CCCCOCCOCCOCCN1NNC2=C1c1ccccc1CN(C(=O)CCC(=O)NCCOCCOCCOCCOCCC(=O)N[C@H](C(=O)C[C@@H](CCCNC(N)=O)C(=O)Nc1ccc(COC(=O)OCC(=O)[C@@]34OC(CCC)O[C@@H]3C[C@H]3[C@@H]5CCC6=CC(=O)C=C[C@]6(C)[C@H]5[C@@H](O)C[C@@]34C)cc1)C(C)C)c1ccccc12. The number of nitrogens with zero attached hydrogens (tertiary/aromatic N) is 2. The average Bonchev–Trinajstić information content (AvgIpc) is 1.52. The number of primary amides is 1. The molecule has 7 aliphatic rings. The molecule has 630 valence electrons. The van der Waals surface area contributed by atoms with Crippen molar-refractivity contribution in [2.24, 2.45) is 46.2 Å². The molecule has 30 heteroatoms. The first-order valence-electron chi connectivity index (χ1n) is 40.9. The van der Waals surface area contributed by atoms with Crippen LogP contribution in [-0.2, 0) is 98.8 Å². The van der Waals surface area contributed by atoms with Gasteiger partial charge in [-0.15, -0.1) is 5.53 Å². The van der Waals surface area contributed by atoms with Gasteiger partial charge in [0.05, 0.1) is 134 Å². The second kappa shape index (κ2) is 43.6. The third-order valence-corrected chi connectivity index (χ3v) is 23.1. The van der Waals surface area contributed by atoms with Gasteiger partial charge in [0, 0.05) is 84.9 Å². The second-order valence-corrected chi connectivity index (χ2v) is 31.2. The van der Waals surface area contributed by atoms with Gasteiger partial charge in [-0.3, -0.25) is 38.6 Å². The zero-order valence-corrected chi connectivity index (χ0v) is 67.5. The van der Waals surface area contributed by atoms with Crippen LogP contribution in [0.3, 0.4) is 0 Å². The minimum atomic E-state index is -1.49. The van der Waals surface area contributed by atoms with Gasteiger partial charge < -0.3 is 94.5 Å². The minimum absolute atomic E-state index is 0.00157. The highest BCUT2D eigenvalue weighted by molar-refractivity contribution is 6.03. The topological polar surface area (TPSA) is 380 Å². The van der Waals surface area contributed by atoms with Crippen molar-refractivity contribution in [2.45, 2.75) is 175 Å². The fourth-order valence-corrected chi connectivity index (χ4v) is 17.4. The fourth-order valence-electron chi connectivity index (χ4n) is 17.4. The Bertz CT molecular complexity index is 3890. The summed E-state index contributed by atoms with van der Waals surface area (Å²) in [6.07, 6.45) is 7.96. The van der Waals surface area contributed by atoms with E-state index in [9.17, 15) is 48.3 Å². The molecule has 3 aliphatic heterocycles. The van der Waals surface area contributed by atoms with Crippen LogP contribution in [0.1, 0.15) is 154 Å². The largest absolute Gasteiger partial charge is 0.509 e. The summed E-state index contributed by atoms with van der Waals surface area (Å²) in [4.78, 5) is 122. The molecule has 3 saturated carbocycles. The van der Waals surface area contributed by atoms with Crippen LogP contribution in [0.4, 0.5) is 21.0 Å². The number of ether oxygens (including phenoxy) is 11. The molecule has 1 saturated heterocycles. The molecule has 9 N–H and O–H groups in total. The number of anilines is 2. The highest BCUT2D eigenvalue weighted by Gasteiger charge is 2.76. The highest BCUT2D eigenvalue weighted by atomic mass is 16.8. The Kier molecular flexibility index (Phi) is 33.7. The lowest BCUT2D eigenvalue weighted by molar-refractivity contribution is -0.200. The zero-order valence-electron chi connectivity index (χ0n) is 67.5. The van der Waals surface area contributed by atoms with E-state index in [1.807, 2.05) is 73.5 Å². The Hall–Kier alpha value is -8.53. The lowest BCUT2D eigenvalue weighted by Crippen LogP contribution is -2.63. The molecule has 3 aromatic rings. The van der Waals surface area contributed by atoms with Gasteiger partial charge >= 0.3 is 12.2 Å². The summed E-state index contributed by atoms with van der Waals surface area (Å²) in [5.41, 5.74) is 16.3. The number of benzene rings is 3. The van der Waals surface area contributed by atoms with Gasteiger partial charge in [-0.05, 0) is 111 Å². The van der Waals surface area contributed by atoms with E-state index in [1.54, 1.807) is 55.2 Å². The van der Waals surface area contributed by atoms with Crippen LogP contribution in [0.5, 0.6) is 0 Å². The van der Waals surface area contributed by atoms with Crippen LogP contribution in [-0.4, -0.2) is 212 Å². The number of hydrogen-bond acceptors (Lipinski definition) is 24. The Morgan fingerprint density at radius 1 is 0.730 bits per heavy atom. The third kappa shape index (κ3) is 23.2. The average molecular weight is 1600 g/mol. The summed E-state index contributed by atoms with van der Waals surface area (Å²) in [5, 5.41) is 25.2. The first-order valence-corrected chi connectivity index (χ1v) is 40.9. The van der Waals surface area contributed by atoms with E-state index in [0.29, 0.717) is 96.3 Å². The first kappa shape index (κ1) is 88.8. The van der Waals surface area contributed by atoms with Crippen molar-refractivity contribution in [3.63, 3.8) is 0 Å². The Morgan fingerprint density at radius 3 is 2.10 bits per heavy atom. The standard InChI is InChI=1S/C85H119N9O21/c1-7-9-35-105-39-43-109-46-42-108-38-34-94-79-63-18-11-10-16-59(63)53-93(67-20-13-12-19-65(67)78(79)91-92-94)74(101)28-27-72(99)87-33-37-107-41-45-111-48-47-110-44-40-106-36-30-73(100)90-77(56(3)4)68(96)49-58(17-14-32-88-81(86)103)80(102)89-61-24-21-57(22-25-61)54-112-82(104)113-55-70(98)85-71(114-75(115-85)15-8-2)51-66-64-26-23-60-50-62(95)29-31-83(60,5)76(64)69(97)52-84(66,85)6/h10-13,16,18-22,24-25,29,31,50,56,58,64,66,69,71,75-77,91-92,97H,7-9,14-15,17,23,26-28,30,32-49,51-55H2,1-6H3,(H,87,99)(H,89,102)(H,90,100)(H3,86,88,103)/t58-,64+,66+,69+,71-,75?,76-,77+,83+,84+,85-/m1/s1. The van der Waals surface area contributed by atoms with Crippen molar-refractivity contribution in [2.75, 3.05) is 129 Å². The number of para-hydroxylation sites is 1. The maximum absolute atomic E-state index is 14.7. The summed E-state index contributed by atoms with van der Waals surface area (Å²) < 4.78 is 63.9. The zero-order chi connectivity index (χ0) is 81.9. The predicted molar refractivity (Wildman–Crippen MR) is 425 cm³/mol. The monoisotopic (exact) mass is 1600 g/mol.